The monoisotopic (exact) mass is 199 g/mol. The maximum atomic E-state index is 10.3. The molecule has 2 heteroatoms. The lowest BCUT2D eigenvalue weighted by molar-refractivity contribution is 0.00207. The van der Waals surface area contributed by atoms with Crippen LogP contribution < -0.4 is 5.32 Å². The van der Waals surface area contributed by atoms with Gasteiger partial charge in [-0.3, -0.25) is 0 Å². The Morgan fingerprint density at radius 2 is 1.93 bits per heavy atom. The van der Waals surface area contributed by atoms with E-state index < -0.39 is 5.60 Å². The van der Waals surface area contributed by atoms with E-state index in [2.05, 4.69) is 19.2 Å². The molecule has 2 N–H and O–H groups in total. The van der Waals surface area contributed by atoms with Gasteiger partial charge in [0, 0.05) is 6.54 Å². The Morgan fingerprint density at radius 1 is 1.36 bits per heavy atom. The number of hydrogen-bond acceptors (Lipinski definition) is 2. The van der Waals surface area contributed by atoms with E-state index in [-0.39, 0.29) is 0 Å². The van der Waals surface area contributed by atoms with Crippen LogP contribution in [0, 0.1) is 11.8 Å². The van der Waals surface area contributed by atoms with E-state index in [9.17, 15) is 5.11 Å². The normalized spacial score (nSPS) is 22.9. The van der Waals surface area contributed by atoms with Crippen LogP contribution in [0.1, 0.15) is 46.5 Å². The fourth-order valence-corrected chi connectivity index (χ4v) is 2.31. The molecule has 0 radical (unpaired) electrons. The Morgan fingerprint density at radius 3 is 2.43 bits per heavy atom. The fraction of sp³-hybridized carbons (Fsp3) is 1.00. The summed E-state index contributed by atoms with van der Waals surface area (Å²) in [6.07, 6.45) is 5.00. The average Bonchev–Trinajstić information content (AvgIpc) is 2.54. The van der Waals surface area contributed by atoms with Crippen molar-refractivity contribution in [3.8, 4) is 0 Å². The highest BCUT2D eigenvalue weighted by Gasteiger charge is 2.33. The molecule has 0 aliphatic heterocycles. The highest BCUT2D eigenvalue weighted by molar-refractivity contribution is 4.87. The van der Waals surface area contributed by atoms with Gasteiger partial charge >= 0.3 is 0 Å². The van der Waals surface area contributed by atoms with Crippen LogP contribution in [0.15, 0.2) is 0 Å². The molecule has 0 spiro atoms. The van der Waals surface area contributed by atoms with Crippen LogP contribution in [0.5, 0.6) is 0 Å². The van der Waals surface area contributed by atoms with Crippen LogP contribution in [-0.2, 0) is 0 Å². The molecule has 2 nitrogen and oxygen atoms in total. The Kier molecular flexibility index (Phi) is 4.39. The number of rotatable bonds is 5. The molecule has 0 aromatic heterocycles. The van der Waals surface area contributed by atoms with Gasteiger partial charge in [0.2, 0.25) is 0 Å². The molecule has 0 heterocycles. The number of nitrogens with one attached hydrogen (secondary N) is 1. The summed E-state index contributed by atoms with van der Waals surface area (Å²) >= 11 is 0. The van der Waals surface area contributed by atoms with Gasteiger partial charge in [-0.25, -0.2) is 0 Å². The van der Waals surface area contributed by atoms with E-state index in [1.807, 2.05) is 6.92 Å². The van der Waals surface area contributed by atoms with Gasteiger partial charge < -0.3 is 10.4 Å². The molecule has 0 aromatic carbocycles. The number of aliphatic hydroxyl groups is 1. The Labute approximate surface area is 88.1 Å². The summed E-state index contributed by atoms with van der Waals surface area (Å²) in [5.74, 6) is 1.18. The molecule has 1 aliphatic rings. The second-order valence-corrected chi connectivity index (χ2v) is 5.36. The van der Waals surface area contributed by atoms with Gasteiger partial charge in [0.05, 0.1) is 5.60 Å². The molecule has 1 atom stereocenters. The Hall–Kier alpha value is -0.0800. The van der Waals surface area contributed by atoms with Crippen molar-refractivity contribution in [3.63, 3.8) is 0 Å². The first-order chi connectivity index (χ1) is 6.52. The first-order valence-electron chi connectivity index (χ1n) is 5.95. The first-order valence-corrected chi connectivity index (χ1v) is 5.95. The van der Waals surface area contributed by atoms with Crippen LogP contribution >= 0.6 is 0 Å². The van der Waals surface area contributed by atoms with Crippen LogP contribution in [0.2, 0.25) is 0 Å². The van der Waals surface area contributed by atoms with Gasteiger partial charge in [-0.05, 0) is 38.1 Å². The molecule has 1 fully saturated rings. The molecule has 14 heavy (non-hydrogen) atoms. The van der Waals surface area contributed by atoms with E-state index in [0.29, 0.717) is 11.8 Å². The van der Waals surface area contributed by atoms with Gasteiger partial charge in [0.1, 0.15) is 0 Å². The second-order valence-electron chi connectivity index (χ2n) is 5.36. The molecule has 1 rings (SSSR count). The summed E-state index contributed by atoms with van der Waals surface area (Å²) in [6, 6.07) is 0. The average molecular weight is 199 g/mol. The third-order valence-corrected chi connectivity index (χ3v) is 3.27. The van der Waals surface area contributed by atoms with Crippen molar-refractivity contribution in [3.05, 3.63) is 0 Å². The van der Waals surface area contributed by atoms with Gasteiger partial charge in [-0.15, -0.1) is 0 Å². The van der Waals surface area contributed by atoms with Crippen molar-refractivity contribution in [2.75, 3.05) is 13.1 Å². The third-order valence-electron chi connectivity index (χ3n) is 3.27. The van der Waals surface area contributed by atoms with Crippen molar-refractivity contribution >= 4 is 0 Å². The van der Waals surface area contributed by atoms with Crippen LogP contribution in [-0.4, -0.2) is 23.8 Å². The quantitative estimate of drug-likeness (QED) is 0.711. The lowest BCUT2D eigenvalue weighted by Crippen LogP contribution is -2.44. The SMILES string of the molecule is CC(C)CNCC(C)(O)C1CCCC1. The summed E-state index contributed by atoms with van der Waals surface area (Å²) in [5, 5.41) is 13.6. The minimum Gasteiger partial charge on any atom is -0.389 e. The zero-order chi connectivity index (χ0) is 10.6. The smallest absolute Gasteiger partial charge is 0.0771 e. The summed E-state index contributed by atoms with van der Waals surface area (Å²) in [5.41, 5.74) is -0.495. The van der Waals surface area contributed by atoms with E-state index in [1.54, 1.807) is 0 Å². The van der Waals surface area contributed by atoms with Crippen LogP contribution in [0.3, 0.4) is 0 Å². The van der Waals surface area contributed by atoms with Crippen LogP contribution in [0.25, 0.3) is 0 Å². The van der Waals surface area contributed by atoms with Gasteiger partial charge in [0.25, 0.3) is 0 Å². The fourth-order valence-electron chi connectivity index (χ4n) is 2.31. The molecule has 0 amide bonds. The Balaban J connectivity index is 2.25. The highest BCUT2D eigenvalue weighted by atomic mass is 16.3. The van der Waals surface area contributed by atoms with Crippen molar-refractivity contribution < 1.29 is 5.11 Å². The van der Waals surface area contributed by atoms with Gasteiger partial charge in [-0.1, -0.05) is 26.7 Å². The van der Waals surface area contributed by atoms with Crippen molar-refractivity contribution in [1.29, 1.82) is 0 Å². The largest absolute Gasteiger partial charge is 0.389 e. The lowest BCUT2D eigenvalue weighted by atomic mass is 9.87. The zero-order valence-corrected chi connectivity index (χ0v) is 9.84. The molecule has 84 valence electrons. The van der Waals surface area contributed by atoms with E-state index in [0.717, 1.165) is 13.1 Å². The van der Waals surface area contributed by atoms with Gasteiger partial charge in [-0.2, -0.15) is 0 Å². The maximum absolute atomic E-state index is 10.3. The molecule has 1 saturated carbocycles. The molecule has 1 unspecified atom stereocenters. The minimum atomic E-state index is -0.495. The molecule has 0 bridgehead atoms. The highest BCUT2D eigenvalue weighted by Crippen LogP contribution is 2.33. The predicted molar refractivity (Wildman–Crippen MR) is 60.3 cm³/mol. The van der Waals surface area contributed by atoms with Crippen molar-refractivity contribution in [2.24, 2.45) is 11.8 Å². The van der Waals surface area contributed by atoms with Crippen molar-refractivity contribution in [2.45, 2.75) is 52.1 Å². The van der Waals surface area contributed by atoms with E-state index in [4.69, 9.17) is 0 Å². The summed E-state index contributed by atoms with van der Waals surface area (Å²) in [4.78, 5) is 0. The second kappa shape index (κ2) is 5.13. The molecule has 0 aromatic rings. The number of hydrogen-bond donors (Lipinski definition) is 2. The zero-order valence-electron chi connectivity index (χ0n) is 9.84. The topological polar surface area (TPSA) is 32.3 Å². The summed E-state index contributed by atoms with van der Waals surface area (Å²) in [6.45, 7) is 8.11. The standard InChI is InChI=1S/C12H25NO/c1-10(2)8-13-9-12(3,14)11-6-4-5-7-11/h10-11,13-14H,4-9H2,1-3H3. The summed E-state index contributed by atoms with van der Waals surface area (Å²) < 4.78 is 0. The van der Waals surface area contributed by atoms with E-state index in [1.165, 1.54) is 25.7 Å². The molecular weight excluding hydrogens is 174 g/mol. The predicted octanol–water partition coefficient (Wildman–Crippen LogP) is 2.17. The maximum Gasteiger partial charge on any atom is 0.0771 e. The lowest BCUT2D eigenvalue weighted by Gasteiger charge is -2.30. The van der Waals surface area contributed by atoms with E-state index >= 15 is 0 Å². The molecule has 1 aliphatic carbocycles. The third kappa shape index (κ3) is 3.58. The molecular formula is C12H25NO. The minimum absolute atomic E-state index is 0.495. The first kappa shape index (κ1) is 12.0. The van der Waals surface area contributed by atoms with Gasteiger partial charge in [0.15, 0.2) is 0 Å². The Bertz CT molecular complexity index is 160. The van der Waals surface area contributed by atoms with Crippen LogP contribution in [0.4, 0.5) is 0 Å². The van der Waals surface area contributed by atoms with Crippen molar-refractivity contribution in [1.82, 2.24) is 5.32 Å². The summed E-state index contributed by atoms with van der Waals surface area (Å²) in [7, 11) is 0. The molecule has 0 saturated heterocycles.